The van der Waals surface area contributed by atoms with Gasteiger partial charge < -0.3 is 10.6 Å². The van der Waals surface area contributed by atoms with Crippen molar-refractivity contribution in [3.05, 3.63) is 71.9 Å². The summed E-state index contributed by atoms with van der Waals surface area (Å²) in [6, 6.07) is 19.0. The summed E-state index contributed by atoms with van der Waals surface area (Å²) in [5, 5.41) is 10.9. The molecule has 162 valence electrons. The van der Waals surface area contributed by atoms with Crippen molar-refractivity contribution in [3.63, 3.8) is 0 Å². The molecule has 0 bridgehead atoms. The largest absolute Gasteiger partial charge is 0.326 e. The molecule has 4 rings (SSSR count). The zero-order chi connectivity index (χ0) is 22.7. The lowest BCUT2D eigenvalue weighted by Gasteiger charge is -2.07. The molecule has 2 aromatic carbocycles. The number of benzene rings is 2. The lowest BCUT2D eigenvalue weighted by Crippen LogP contribution is -2.14. The average molecular weight is 446 g/mol. The molecular weight excluding hydrogens is 422 g/mol. The Balaban J connectivity index is 1.53. The normalized spacial score (nSPS) is 10.8. The maximum Gasteiger partial charge on any atom is 0.234 e. The van der Waals surface area contributed by atoms with E-state index in [1.54, 1.807) is 24.3 Å². The number of nitrogens with zero attached hydrogens (tertiary/aromatic N) is 3. The van der Waals surface area contributed by atoms with E-state index in [2.05, 4.69) is 15.7 Å². The Morgan fingerprint density at radius 3 is 2.28 bits per heavy atom. The van der Waals surface area contributed by atoms with Crippen molar-refractivity contribution in [2.45, 2.75) is 25.9 Å². The summed E-state index contributed by atoms with van der Waals surface area (Å²) < 4.78 is 1.83. The van der Waals surface area contributed by atoms with Crippen molar-refractivity contribution in [1.29, 1.82) is 0 Å². The van der Waals surface area contributed by atoms with E-state index in [0.29, 0.717) is 16.5 Å². The maximum absolute atomic E-state index is 12.5. The van der Waals surface area contributed by atoms with Gasteiger partial charge in [0.15, 0.2) is 5.16 Å². The number of amides is 2. The molecule has 32 heavy (non-hydrogen) atoms. The average Bonchev–Trinajstić information content (AvgIpc) is 3.13. The number of imidazole rings is 1. The Hall–Kier alpha value is -3.65. The molecule has 0 spiro atoms. The van der Waals surface area contributed by atoms with Gasteiger partial charge >= 0.3 is 0 Å². The van der Waals surface area contributed by atoms with Crippen LogP contribution in [0.3, 0.4) is 0 Å². The zero-order valence-corrected chi connectivity index (χ0v) is 18.9. The van der Waals surface area contributed by atoms with Crippen LogP contribution in [0.4, 0.5) is 11.4 Å². The predicted octanol–water partition coefficient (Wildman–Crippen LogP) is 4.70. The molecule has 2 heterocycles. The van der Waals surface area contributed by atoms with Crippen LogP contribution in [0, 0.1) is 13.8 Å². The molecule has 0 aliphatic rings. The van der Waals surface area contributed by atoms with Crippen molar-refractivity contribution < 1.29 is 9.59 Å². The van der Waals surface area contributed by atoms with E-state index in [1.807, 2.05) is 54.8 Å². The highest BCUT2D eigenvalue weighted by atomic mass is 32.2. The van der Waals surface area contributed by atoms with Gasteiger partial charge in [0.05, 0.1) is 22.7 Å². The minimum atomic E-state index is -0.148. The Morgan fingerprint density at radius 2 is 1.62 bits per heavy atom. The van der Waals surface area contributed by atoms with Crippen LogP contribution in [-0.2, 0) is 9.59 Å². The van der Waals surface area contributed by atoms with Gasteiger partial charge in [-0.1, -0.05) is 42.1 Å². The minimum Gasteiger partial charge on any atom is -0.326 e. The second kappa shape index (κ2) is 9.23. The quantitative estimate of drug-likeness (QED) is 0.420. The summed E-state index contributed by atoms with van der Waals surface area (Å²) in [5.41, 5.74) is 6.11. The Labute approximate surface area is 190 Å². The molecule has 0 aliphatic heterocycles. The van der Waals surface area contributed by atoms with Crippen LogP contribution >= 0.6 is 11.8 Å². The summed E-state index contributed by atoms with van der Waals surface area (Å²) in [4.78, 5) is 28.5. The number of anilines is 2. The maximum atomic E-state index is 12.5. The summed E-state index contributed by atoms with van der Waals surface area (Å²) in [7, 11) is 0. The predicted molar refractivity (Wildman–Crippen MR) is 128 cm³/mol. The molecule has 0 saturated heterocycles. The second-order valence-corrected chi connectivity index (χ2v) is 8.38. The van der Waals surface area contributed by atoms with Crippen molar-refractivity contribution in [3.8, 4) is 11.3 Å². The zero-order valence-electron chi connectivity index (χ0n) is 18.0. The lowest BCUT2D eigenvalue weighted by molar-refractivity contribution is -0.114. The SMILES string of the molecule is CC(=O)Nc1ccc(NC(=O)CSc2nc(-c3ccccc3)c3c(C)cc(C)nn23)cc1. The molecule has 4 aromatic rings. The summed E-state index contributed by atoms with van der Waals surface area (Å²) in [6.07, 6.45) is 0. The van der Waals surface area contributed by atoms with Gasteiger partial charge in [0.1, 0.15) is 0 Å². The van der Waals surface area contributed by atoms with Crippen LogP contribution in [0.5, 0.6) is 0 Å². The molecule has 0 unspecified atom stereocenters. The number of fused-ring (bicyclic) bond motifs is 1. The highest BCUT2D eigenvalue weighted by Gasteiger charge is 2.18. The summed E-state index contributed by atoms with van der Waals surface area (Å²) in [5.74, 6) is -0.0983. The van der Waals surface area contributed by atoms with E-state index in [9.17, 15) is 9.59 Å². The van der Waals surface area contributed by atoms with Gasteiger partial charge in [-0.2, -0.15) is 5.10 Å². The van der Waals surface area contributed by atoms with Gasteiger partial charge in [-0.25, -0.2) is 9.50 Å². The third kappa shape index (κ3) is 4.81. The van der Waals surface area contributed by atoms with Crippen LogP contribution in [0.2, 0.25) is 0 Å². The van der Waals surface area contributed by atoms with E-state index in [4.69, 9.17) is 4.98 Å². The number of rotatable bonds is 6. The molecule has 7 nitrogen and oxygen atoms in total. The van der Waals surface area contributed by atoms with E-state index < -0.39 is 0 Å². The molecule has 8 heteroatoms. The first-order valence-corrected chi connectivity index (χ1v) is 11.1. The van der Waals surface area contributed by atoms with Gasteiger partial charge in [0.25, 0.3) is 0 Å². The highest BCUT2D eigenvalue weighted by Crippen LogP contribution is 2.30. The van der Waals surface area contributed by atoms with E-state index in [-0.39, 0.29) is 17.6 Å². The molecule has 0 radical (unpaired) electrons. The third-order valence-electron chi connectivity index (χ3n) is 4.75. The molecule has 2 N–H and O–H groups in total. The Kier molecular flexibility index (Phi) is 6.23. The molecule has 2 aromatic heterocycles. The van der Waals surface area contributed by atoms with Crippen molar-refractivity contribution in [2.75, 3.05) is 16.4 Å². The van der Waals surface area contributed by atoms with Gasteiger partial charge in [-0.15, -0.1) is 0 Å². The number of nitrogens with one attached hydrogen (secondary N) is 2. The van der Waals surface area contributed by atoms with E-state index >= 15 is 0 Å². The van der Waals surface area contributed by atoms with Gasteiger partial charge in [0, 0.05) is 23.9 Å². The van der Waals surface area contributed by atoms with Crippen LogP contribution in [-0.4, -0.2) is 32.2 Å². The first-order chi connectivity index (χ1) is 15.4. The first-order valence-electron chi connectivity index (χ1n) is 10.1. The van der Waals surface area contributed by atoms with Gasteiger partial charge in [0.2, 0.25) is 11.8 Å². The number of thioether (sulfide) groups is 1. The summed E-state index contributed by atoms with van der Waals surface area (Å²) in [6.45, 7) is 5.44. The molecular formula is C24H23N5O2S. The van der Waals surface area contributed by atoms with E-state index in [1.165, 1.54) is 18.7 Å². The standard InChI is InChI=1S/C24H23N5O2S/c1-15-13-16(2)28-29-23(15)22(18-7-5-4-6-8-18)27-24(29)32-14-21(31)26-20-11-9-19(10-12-20)25-17(3)30/h4-13H,14H2,1-3H3,(H,25,30)(H,26,31). The van der Waals surface area contributed by atoms with Crippen molar-refractivity contribution in [2.24, 2.45) is 0 Å². The van der Waals surface area contributed by atoms with Crippen LogP contribution in [0.25, 0.3) is 16.8 Å². The smallest absolute Gasteiger partial charge is 0.234 e. The molecule has 0 atom stereocenters. The van der Waals surface area contributed by atoms with Crippen molar-refractivity contribution >= 4 is 40.5 Å². The fourth-order valence-electron chi connectivity index (χ4n) is 3.46. The fourth-order valence-corrected chi connectivity index (χ4v) is 4.21. The topological polar surface area (TPSA) is 88.4 Å². The molecule has 2 amide bonds. The number of hydrogen-bond donors (Lipinski definition) is 2. The molecule has 0 fully saturated rings. The second-order valence-electron chi connectivity index (χ2n) is 7.43. The number of hydrogen-bond acceptors (Lipinski definition) is 5. The number of aromatic nitrogens is 3. The first kappa shape index (κ1) is 21.6. The lowest BCUT2D eigenvalue weighted by atomic mass is 10.1. The number of carbonyl (C=O) groups excluding carboxylic acids is 2. The monoisotopic (exact) mass is 445 g/mol. The third-order valence-corrected chi connectivity index (χ3v) is 5.68. The van der Waals surface area contributed by atoms with Crippen molar-refractivity contribution in [1.82, 2.24) is 14.6 Å². The molecule has 0 aliphatic carbocycles. The Morgan fingerprint density at radius 1 is 0.969 bits per heavy atom. The van der Waals surface area contributed by atoms with Crippen LogP contribution in [0.1, 0.15) is 18.2 Å². The van der Waals surface area contributed by atoms with E-state index in [0.717, 1.165) is 28.0 Å². The number of aryl methyl sites for hydroxylation is 2. The van der Waals surface area contributed by atoms with Gasteiger partial charge in [-0.3, -0.25) is 9.59 Å². The van der Waals surface area contributed by atoms with Crippen LogP contribution in [0.15, 0.2) is 65.8 Å². The highest BCUT2D eigenvalue weighted by molar-refractivity contribution is 7.99. The summed E-state index contributed by atoms with van der Waals surface area (Å²) >= 11 is 1.34. The fraction of sp³-hybridized carbons (Fsp3) is 0.167. The van der Waals surface area contributed by atoms with Gasteiger partial charge in [-0.05, 0) is 49.7 Å². The minimum absolute atomic E-state index is 0.140. The number of carbonyl (C=O) groups is 2. The van der Waals surface area contributed by atoms with Crippen LogP contribution < -0.4 is 10.6 Å². The Bertz CT molecular complexity index is 1280. The molecule has 0 saturated carbocycles.